The molecule has 0 aliphatic carbocycles. The number of likely N-dealkylation sites (N-methyl/N-ethyl adjacent to an activating group) is 1. The lowest BCUT2D eigenvalue weighted by Gasteiger charge is -2.28. The predicted octanol–water partition coefficient (Wildman–Crippen LogP) is 3.32. The summed E-state index contributed by atoms with van der Waals surface area (Å²) in [6, 6.07) is 11.1. The zero-order valence-corrected chi connectivity index (χ0v) is 13.1. The molecule has 1 unspecified atom stereocenters. The summed E-state index contributed by atoms with van der Waals surface area (Å²) in [6.07, 6.45) is 1.16. The van der Waals surface area contributed by atoms with Crippen molar-refractivity contribution in [2.45, 2.75) is 25.9 Å². The number of thiazole rings is 1. The molecule has 108 valence electrons. The molecule has 0 bridgehead atoms. The van der Waals surface area contributed by atoms with Gasteiger partial charge in [0, 0.05) is 24.5 Å². The number of aromatic nitrogens is 1. The van der Waals surface area contributed by atoms with Crippen molar-refractivity contribution in [3.63, 3.8) is 0 Å². The highest BCUT2D eigenvalue weighted by molar-refractivity contribution is 7.07. The van der Waals surface area contributed by atoms with Crippen LogP contribution in [-0.2, 0) is 6.54 Å². The van der Waals surface area contributed by atoms with Crippen molar-refractivity contribution in [3.8, 4) is 0 Å². The molecule has 2 rings (SSSR count). The van der Waals surface area contributed by atoms with Gasteiger partial charge in [-0.05, 0) is 25.6 Å². The molecule has 1 atom stereocenters. The number of benzene rings is 1. The molecule has 20 heavy (non-hydrogen) atoms. The standard InChI is InChI=1S/C16H23N3S/c1-3-9-17-10-16(14-7-5-4-6-8-14)19(2)11-15-12-20-13-18-15/h4-8,12-13,16-17H,3,9-11H2,1-2H3. The van der Waals surface area contributed by atoms with E-state index >= 15 is 0 Å². The number of rotatable bonds is 8. The third-order valence-electron chi connectivity index (χ3n) is 3.38. The van der Waals surface area contributed by atoms with Crippen molar-refractivity contribution in [3.05, 3.63) is 52.5 Å². The Hall–Kier alpha value is -1.23. The third-order valence-corrected chi connectivity index (χ3v) is 4.01. The minimum atomic E-state index is 0.379. The minimum absolute atomic E-state index is 0.379. The lowest BCUT2D eigenvalue weighted by Crippen LogP contribution is -2.33. The van der Waals surface area contributed by atoms with E-state index in [4.69, 9.17) is 0 Å². The van der Waals surface area contributed by atoms with Gasteiger partial charge >= 0.3 is 0 Å². The summed E-state index contributed by atoms with van der Waals surface area (Å²) in [5.41, 5.74) is 4.40. The molecule has 0 radical (unpaired) electrons. The van der Waals surface area contributed by atoms with Gasteiger partial charge < -0.3 is 5.32 Å². The first-order valence-corrected chi connectivity index (χ1v) is 8.08. The van der Waals surface area contributed by atoms with E-state index in [1.165, 1.54) is 5.56 Å². The van der Waals surface area contributed by atoms with Crippen LogP contribution in [0.25, 0.3) is 0 Å². The van der Waals surface area contributed by atoms with Gasteiger partial charge in [-0.1, -0.05) is 37.3 Å². The first kappa shape index (κ1) is 15.2. The summed E-state index contributed by atoms with van der Waals surface area (Å²) in [5, 5.41) is 5.66. The molecule has 0 spiro atoms. The van der Waals surface area contributed by atoms with E-state index in [0.717, 1.165) is 31.7 Å². The van der Waals surface area contributed by atoms with Crippen LogP contribution in [0.3, 0.4) is 0 Å². The van der Waals surface area contributed by atoms with Crippen molar-refractivity contribution in [1.29, 1.82) is 0 Å². The average molecular weight is 289 g/mol. The summed E-state index contributed by atoms with van der Waals surface area (Å²) in [4.78, 5) is 6.75. The van der Waals surface area contributed by atoms with Crippen LogP contribution in [0.4, 0.5) is 0 Å². The van der Waals surface area contributed by atoms with Crippen LogP contribution >= 0.6 is 11.3 Å². The summed E-state index contributed by atoms with van der Waals surface area (Å²) >= 11 is 1.66. The molecule has 1 N–H and O–H groups in total. The summed E-state index contributed by atoms with van der Waals surface area (Å²) < 4.78 is 0. The molecule has 0 fully saturated rings. The maximum Gasteiger partial charge on any atom is 0.0795 e. The molecule has 0 saturated carbocycles. The Morgan fingerprint density at radius 1 is 1.30 bits per heavy atom. The lowest BCUT2D eigenvalue weighted by atomic mass is 10.1. The molecular formula is C16H23N3S. The maximum atomic E-state index is 4.39. The predicted molar refractivity (Wildman–Crippen MR) is 85.9 cm³/mol. The van der Waals surface area contributed by atoms with E-state index in [1.54, 1.807) is 11.3 Å². The fourth-order valence-corrected chi connectivity index (χ4v) is 2.85. The average Bonchev–Trinajstić information content (AvgIpc) is 2.97. The van der Waals surface area contributed by atoms with Crippen molar-refractivity contribution in [2.75, 3.05) is 20.1 Å². The van der Waals surface area contributed by atoms with Crippen LogP contribution in [0.1, 0.15) is 30.6 Å². The van der Waals surface area contributed by atoms with Crippen LogP contribution < -0.4 is 5.32 Å². The highest BCUT2D eigenvalue weighted by Gasteiger charge is 2.17. The summed E-state index contributed by atoms with van der Waals surface area (Å²) in [7, 11) is 2.17. The lowest BCUT2D eigenvalue weighted by molar-refractivity contribution is 0.228. The van der Waals surface area contributed by atoms with Gasteiger partial charge in [0.2, 0.25) is 0 Å². The maximum absolute atomic E-state index is 4.39. The van der Waals surface area contributed by atoms with Crippen molar-refractivity contribution in [1.82, 2.24) is 15.2 Å². The third kappa shape index (κ3) is 4.40. The molecule has 3 nitrogen and oxygen atoms in total. The van der Waals surface area contributed by atoms with Crippen molar-refractivity contribution >= 4 is 11.3 Å². The monoisotopic (exact) mass is 289 g/mol. The van der Waals surface area contributed by atoms with Crippen LogP contribution in [0.15, 0.2) is 41.2 Å². The van der Waals surface area contributed by atoms with E-state index in [9.17, 15) is 0 Å². The van der Waals surface area contributed by atoms with Crippen LogP contribution in [0.2, 0.25) is 0 Å². The Labute approximate surface area is 125 Å². The number of nitrogens with zero attached hydrogens (tertiary/aromatic N) is 2. The van der Waals surface area contributed by atoms with E-state index in [2.05, 4.69) is 64.9 Å². The molecule has 0 amide bonds. The molecule has 1 aromatic heterocycles. The number of nitrogens with one attached hydrogen (secondary N) is 1. The largest absolute Gasteiger partial charge is 0.315 e. The van der Waals surface area contributed by atoms with E-state index < -0.39 is 0 Å². The molecule has 0 aliphatic heterocycles. The molecule has 0 saturated heterocycles. The Balaban J connectivity index is 2.04. The smallest absolute Gasteiger partial charge is 0.0795 e. The molecule has 0 aliphatic rings. The second-order valence-electron chi connectivity index (χ2n) is 5.03. The summed E-state index contributed by atoms with van der Waals surface area (Å²) in [5.74, 6) is 0. The Morgan fingerprint density at radius 3 is 2.75 bits per heavy atom. The second kappa shape index (κ2) is 8.15. The SMILES string of the molecule is CCCNCC(c1ccccc1)N(C)Cc1cscn1. The van der Waals surface area contributed by atoms with Crippen LogP contribution in [-0.4, -0.2) is 30.0 Å². The van der Waals surface area contributed by atoms with Gasteiger partial charge in [-0.2, -0.15) is 0 Å². The molecule has 2 aromatic rings. The molecular weight excluding hydrogens is 266 g/mol. The first-order valence-electron chi connectivity index (χ1n) is 7.14. The first-order chi connectivity index (χ1) is 9.81. The summed E-state index contributed by atoms with van der Waals surface area (Å²) in [6.45, 7) is 5.12. The highest BCUT2D eigenvalue weighted by atomic mass is 32.1. The fraction of sp³-hybridized carbons (Fsp3) is 0.438. The molecule has 1 aromatic carbocycles. The minimum Gasteiger partial charge on any atom is -0.315 e. The van der Waals surface area contributed by atoms with Gasteiger partial charge in [0.15, 0.2) is 0 Å². The van der Waals surface area contributed by atoms with E-state index in [0.29, 0.717) is 6.04 Å². The van der Waals surface area contributed by atoms with Gasteiger partial charge in [0.25, 0.3) is 0 Å². The van der Waals surface area contributed by atoms with E-state index in [-0.39, 0.29) is 0 Å². The Morgan fingerprint density at radius 2 is 2.10 bits per heavy atom. The zero-order chi connectivity index (χ0) is 14.2. The Kier molecular flexibility index (Phi) is 6.18. The van der Waals surface area contributed by atoms with Gasteiger partial charge in [0.05, 0.1) is 11.2 Å². The van der Waals surface area contributed by atoms with Gasteiger partial charge in [-0.25, -0.2) is 4.98 Å². The Bertz CT molecular complexity index is 470. The highest BCUT2D eigenvalue weighted by Crippen LogP contribution is 2.20. The quantitative estimate of drug-likeness (QED) is 0.756. The number of hydrogen-bond acceptors (Lipinski definition) is 4. The van der Waals surface area contributed by atoms with Crippen LogP contribution in [0.5, 0.6) is 0 Å². The topological polar surface area (TPSA) is 28.2 Å². The van der Waals surface area contributed by atoms with Gasteiger partial charge in [-0.15, -0.1) is 11.3 Å². The molecule has 1 heterocycles. The van der Waals surface area contributed by atoms with Crippen molar-refractivity contribution in [2.24, 2.45) is 0 Å². The number of hydrogen-bond donors (Lipinski definition) is 1. The van der Waals surface area contributed by atoms with Crippen LogP contribution in [0, 0.1) is 0 Å². The molecule has 4 heteroatoms. The second-order valence-corrected chi connectivity index (χ2v) is 5.74. The van der Waals surface area contributed by atoms with Crippen molar-refractivity contribution < 1.29 is 0 Å². The normalized spacial score (nSPS) is 12.8. The zero-order valence-electron chi connectivity index (χ0n) is 12.2. The van der Waals surface area contributed by atoms with E-state index in [1.807, 2.05) is 5.51 Å². The van der Waals surface area contributed by atoms with Gasteiger partial charge in [0.1, 0.15) is 0 Å². The fourth-order valence-electron chi connectivity index (χ4n) is 2.30. The van der Waals surface area contributed by atoms with Gasteiger partial charge in [-0.3, -0.25) is 4.90 Å².